The molecule has 0 bridgehead atoms. The number of para-hydroxylation sites is 1. The van der Waals surface area contributed by atoms with Crippen molar-refractivity contribution in [2.24, 2.45) is 0 Å². The van der Waals surface area contributed by atoms with Gasteiger partial charge < -0.3 is 4.90 Å². The van der Waals surface area contributed by atoms with Crippen molar-refractivity contribution in [3.63, 3.8) is 0 Å². The molecule has 23 heavy (non-hydrogen) atoms. The summed E-state index contributed by atoms with van der Waals surface area (Å²) >= 11 is 0. The molecule has 2 aliphatic rings. The average molecular weight is 315 g/mol. The predicted octanol–water partition coefficient (Wildman–Crippen LogP) is 1.86. The van der Waals surface area contributed by atoms with Gasteiger partial charge in [-0.05, 0) is 38.3 Å². The van der Waals surface area contributed by atoms with Crippen LogP contribution in [0.1, 0.15) is 26.2 Å². The van der Waals surface area contributed by atoms with E-state index in [1.807, 2.05) is 18.2 Å². The number of hydrogen-bond donors (Lipinski definition) is 0. The summed E-state index contributed by atoms with van der Waals surface area (Å²) in [4.78, 5) is 41.7. The van der Waals surface area contributed by atoms with Gasteiger partial charge in [0.2, 0.25) is 5.91 Å². The second-order valence-electron chi connectivity index (χ2n) is 6.03. The van der Waals surface area contributed by atoms with Crippen LogP contribution in [0.5, 0.6) is 0 Å². The van der Waals surface area contributed by atoms with E-state index < -0.39 is 12.1 Å². The van der Waals surface area contributed by atoms with E-state index >= 15 is 0 Å². The lowest BCUT2D eigenvalue weighted by Gasteiger charge is -2.28. The lowest BCUT2D eigenvalue weighted by Crippen LogP contribution is -2.45. The third-order valence-electron chi connectivity index (χ3n) is 4.48. The van der Waals surface area contributed by atoms with Gasteiger partial charge in [-0.3, -0.25) is 19.4 Å². The number of carbonyl (C=O) groups excluding carboxylic acids is 3. The molecule has 1 atom stereocenters. The smallest absolute Gasteiger partial charge is 0.332 e. The molecule has 2 fully saturated rings. The maximum atomic E-state index is 12.6. The standard InChI is InChI=1S/C17H21N3O3/c1-13-16(22)19(12-15(21)18-10-6-3-7-11-18)17(23)20(13)14-8-4-2-5-9-14/h2,4-5,8-9,13H,3,6-7,10-12H2,1H3. The number of piperidine rings is 1. The number of carbonyl (C=O) groups is 3. The summed E-state index contributed by atoms with van der Waals surface area (Å²) in [5.41, 5.74) is 0.672. The van der Waals surface area contributed by atoms with Crippen LogP contribution in [0.4, 0.5) is 10.5 Å². The molecule has 0 N–H and O–H groups in total. The van der Waals surface area contributed by atoms with E-state index in [0.717, 1.165) is 24.2 Å². The number of nitrogens with zero attached hydrogens (tertiary/aromatic N) is 3. The first kappa shape index (κ1) is 15.5. The summed E-state index contributed by atoms with van der Waals surface area (Å²) in [6, 6.07) is 8.07. The Morgan fingerprint density at radius 2 is 1.74 bits per heavy atom. The van der Waals surface area contributed by atoms with Crippen LogP contribution in [0.3, 0.4) is 0 Å². The van der Waals surface area contributed by atoms with Crippen molar-refractivity contribution in [3.05, 3.63) is 30.3 Å². The molecule has 6 heteroatoms. The van der Waals surface area contributed by atoms with Gasteiger partial charge in [0.25, 0.3) is 5.91 Å². The van der Waals surface area contributed by atoms with Crippen LogP contribution in [-0.4, -0.2) is 53.3 Å². The highest BCUT2D eigenvalue weighted by molar-refractivity contribution is 6.15. The minimum Gasteiger partial charge on any atom is -0.341 e. The Morgan fingerprint density at radius 1 is 1.09 bits per heavy atom. The molecule has 1 aromatic rings. The molecule has 1 aromatic carbocycles. The van der Waals surface area contributed by atoms with Crippen LogP contribution >= 0.6 is 0 Å². The van der Waals surface area contributed by atoms with Crippen molar-refractivity contribution in [2.75, 3.05) is 24.5 Å². The summed E-state index contributed by atoms with van der Waals surface area (Å²) in [7, 11) is 0. The molecule has 2 aliphatic heterocycles. The fourth-order valence-corrected chi connectivity index (χ4v) is 3.17. The van der Waals surface area contributed by atoms with Crippen molar-refractivity contribution in [3.8, 4) is 0 Å². The van der Waals surface area contributed by atoms with Crippen LogP contribution in [0.15, 0.2) is 30.3 Å². The first-order chi connectivity index (χ1) is 11.1. The molecule has 0 aliphatic carbocycles. The zero-order valence-corrected chi connectivity index (χ0v) is 13.3. The summed E-state index contributed by atoms with van der Waals surface area (Å²) in [5, 5.41) is 0. The Balaban J connectivity index is 1.74. The Bertz CT molecular complexity index is 611. The molecule has 2 saturated heterocycles. The van der Waals surface area contributed by atoms with Gasteiger partial charge in [0.15, 0.2) is 0 Å². The number of urea groups is 1. The van der Waals surface area contributed by atoms with Crippen LogP contribution < -0.4 is 4.90 Å². The van der Waals surface area contributed by atoms with Crippen molar-refractivity contribution in [1.82, 2.24) is 9.80 Å². The Morgan fingerprint density at radius 3 is 2.39 bits per heavy atom. The Kier molecular flexibility index (Phi) is 4.32. The fourth-order valence-electron chi connectivity index (χ4n) is 3.17. The zero-order chi connectivity index (χ0) is 16.4. The van der Waals surface area contributed by atoms with Gasteiger partial charge in [-0.25, -0.2) is 4.79 Å². The highest BCUT2D eigenvalue weighted by atomic mass is 16.2. The topological polar surface area (TPSA) is 60.9 Å². The minimum absolute atomic E-state index is 0.145. The van der Waals surface area contributed by atoms with E-state index in [4.69, 9.17) is 0 Å². The molecule has 0 aromatic heterocycles. The number of benzene rings is 1. The summed E-state index contributed by atoms with van der Waals surface area (Å²) < 4.78 is 0. The molecule has 0 radical (unpaired) electrons. The number of hydrogen-bond acceptors (Lipinski definition) is 3. The number of amides is 4. The SMILES string of the molecule is CC1C(=O)N(CC(=O)N2CCCCC2)C(=O)N1c1ccccc1. The molecule has 0 spiro atoms. The van der Waals surface area contributed by atoms with Crippen LogP contribution in [-0.2, 0) is 9.59 Å². The Labute approximate surface area is 135 Å². The molecule has 4 amide bonds. The van der Waals surface area contributed by atoms with Gasteiger partial charge in [-0.2, -0.15) is 0 Å². The van der Waals surface area contributed by atoms with Crippen molar-refractivity contribution >= 4 is 23.5 Å². The lowest BCUT2D eigenvalue weighted by molar-refractivity contribution is -0.137. The van der Waals surface area contributed by atoms with Gasteiger partial charge in [-0.1, -0.05) is 18.2 Å². The lowest BCUT2D eigenvalue weighted by atomic mass is 10.1. The van der Waals surface area contributed by atoms with Crippen molar-refractivity contribution in [2.45, 2.75) is 32.2 Å². The summed E-state index contributed by atoms with van der Waals surface area (Å²) in [6.45, 7) is 2.96. The molecule has 3 rings (SSSR count). The molecule has 122 valence electrons. The maximum Gasteiger partial charge on any atom is 0.332 e. The number of imide groups is 1. The highest BCUT2D eigenvalue weighted by Crippen LogP contribution is 2.25. The summed E-state index contributed by atoms with van der Waals surface area (Å²) in [5.74, 6) is -0.460. The fraction of sp³-hybridized carbons (Fsp3) is 0.471. The van der Waals surface area contributed by atoms with E-state index in [2.05, 4.69) is 0 Å². The third-order valence-corrected chi connectivity index (χ3v) is 4.48. The molecular weight excluding hydrogens is 294 g/mol. The molecule has 0 saturated carbocycles. The normalized spacial score (nSPS) is 22.0. The van der Waals surface area contributed by atoms with Gasteiger partial charge >= 0.3 is 6.03 Å². The van der Waals surface area contributed by atoms with Gasteiger partial charge in [-0.15, -0.1) is 0 Å². The first-order valence-corrected chi connectivity index (χ1v) is 8.07. The number of likely N-dealkylation sites (tertiary alicyclic amines) is 1. The monoisotopic (exact) mass is 315 g/mol. The first-order valence-electron chi connectivity index (χ1n) is 8.07. The molecule has 2 heterocycles. The maximum absolute atomic E-state index is 12.6. The highest BCUT2D eigenvalue weighted by Gasteiger charge is 2.44. The second kappa shape index (κ2) is 6.40. The van der Waals surface area contributed by atoms with E-state index in [0.29, 0.717) is 18.8 Å². The van der Waals surface area contributed by atoms with E-state index in [1.165, 1.54) is 4.90 Å². The zero-order valence-electron chi connectivity index (χ0n) is 13.3. The molecule has 6 nitrogen and oxygen atoms in total. The van der Waals surface area contributed by atoms with E-state index in [-0.39, 0.29) is 18.4 Å². The largest absolute Gasteiger partial charge is 0.341 e. The molecular formula is C17H21N3O3. The van der Waals surface area contributed by atoms with Crippen molar-refractivity contribution < 1.29 is 14.4 Å². The minimum atomic E-state index is -0.584. The second-order valence-corrected chi connectivity index (χ2v) is 6.03. The van der Waals surface area contributed by atoms with Crippen LogP contribution in [0.2, 0.25) is 0 Å². The van der Waals surface area contributed by atoms with E-state index in [1.54, 1.807) is 24.0 Å². The van der Waals surface area contributed by atoms with Crippen LogP contribution in [0, 0.1) is 0 Å². The molecule has 1 unspecified atom stereocenters. The van der Waals surface area contributed by atoms with Gasteiger partial charge in [0.05, 0.1) is 0 Å². The Hall–Kier alpha value is -2.37. The van der Waals surface area contributed by atoms with Crippen molar-refractivity contribution in [1.29, 1.82) is 0 Å². The predicted molar refractivity (Wildman–Crippen MR) is 85.9 cm³/mol. The van der Waals surface area contributed by atoms with E-state index in [9.17, 15) is 14.4 Å². The van der Waals surface area contributed by atoms with Gasteiger partial charge in [0, 0.05) is 18.8 Å². The quantitative estimate of drug-likeness (QED) is 0.800. The average Bonchev–Trinajstić information content (AvgIpc) is 2.80. The van der Waals surface area contributed by atoms with Gasteiger partial charge in [0.1, 0.15) is 12.6 Å². The van der Waals surface area contributed by atoms with Crippen LogP contribution in [0.25, 0.3) is 0 Å². The third kappa shape index (κ3) is 2.93. The number of rotatable bonds is 3. The number of anilines is 1. The summed E-state index contributed by atoms with van der Waals surface area (Å²) in [6.07, 6.45) is 3.10.